The number of fused-ring (bicyclic) bond motifs is 3. The van der Waals surface area contributed by atoms with Crippen molar-refractivity contribution in [3.05, 3.63) is 94.5 Å². The van der Waals surface area contributed by atoms with Crippen molar-refractivity contribution in [2.45, 2.75) is 44.8 Å². The summed E-state index contributed by atoms with van der Waals surface area (Å²) in [5.74, 6) is -1.15. The molecular formula is C31H33BN2O6. The van der Waals surface area contributed by atoms with Crippen molar-refractivity contribution in [3.63, 3.8) is 0 Å². The number of aromatic carboxylic acids is 1. The molecule has 0 radical (unpaired) electrons. The van der Waals surface area contributed by atoms with Crippen LogP contribution in [0.2, 0.25) is 0 Å². The molecule has 2 aliphatic rings. The van der Waals surface area contributed by atoms with Crippen molar-refractivity contribution in [2.24, 2.45) is 0 Å². The number of rotatable bonds is 7. The SMILES string of the molecule is CC1(C)OB(C(=Cc2ccc(C(=O)O)c(N)c2)CNC(=O)OCC2c3ccccc3-c3ccccc32)OC1(C)C. The second-order valence-electron chi connectivity index (χ2n) is 11.1. The predicted octanol–water partition coefficient (Wildman–Crippen LogP) is 5.52. The molecule has 1 saturated heterocycles. The molecule has 40 heavy (non-hydrogen) atoms. The maximum absolute atomic E-state index is 12.9. The third-order valence-electron chi connectivity index (χ3n) is 7.99. The topological polar surface area (TPSA) is 120 Å². The summed E-state index contributed by atoms with van der Waals surface area (Å²) in [6.07, 6.45) is 1.22. The summed E-state index contributed by atoms with van der Waals surface area (Å²) in [6, 6.07) is 21.0. The lowest BCUT2D eigenvalue weighted by Crippen LogP contribution is -2.41. The Morgan fingerprint density at radius 3 is 2.10 bits per heavy atom. The maximum Gasteiger partial charge on any atom is 0.492 e. The normalized spacial score (nSPS) is 17.3. The van der Waals surface area contributed by atoms with Crippen LogP contribution in [0.25, 0.3) is 17.2 Å². The number of ether oxygens (including phenoxy) is 1. The number of hydrogen-bond acceptors (Lipinski definition) is 6. The van der Waals surface area contributed by atoms with E-state index < -0.39 is 30.4 Å². The Hall–Kier alpha value is -4.08. The summed E-state index contributed by atoms with van der Waals surface area (Å²) in [5, 5.41) is 12.1. The lowest BCUT2D eigenvalue weighted by molar-refractivity contribution is 0.00578. The van der Waals surface area contributed by atoms with Crippen molar-refractivity contribution in [1.29, 1.82) is 0 Å². The number of carboxylic acid groups (broad SMARTS) is 1. The molecule has 0 unspecified atom stereocenters. The van der Waals surface area contributed by atoms with Gasteiger partial charge in [0.05, 0.1) is 16.8 Å². The van der Waals surface area contributed by atoms with E-state index in [0.29, 0.717) is 11.0 Å². The Morgan fingerprint density at radius 1 is 0.975 bits per heavy atom. The van der Waals surface area contributed by atoms with Crippen molar-refractivity contribution in [3.8, 4) is 11.1 Å². The van der Waals surface area contributed by atoms with Gasteiger partial charge >= 0.3 is 19.2 Å². The number of hydrogen-bond donors (Lipinski definition) is 3. The van der Waals surface area contributed by atoms with Crippen LogP contribution in [0, 0.1) is 0 Å². The van der Waals surface area contributed by atoms with E-state index in [1.165, 1.54) is 6.07 Å². The first-order valence-corrected chi connectivity index (χ1v) is 13.2. The molecule has 3 aromatic rings. The molecule has 1 aliphatic carbocycles. The molecule has 1 fully saturated rings. The van der Waals surface area contributed by atoms with Crippen LogP contribution in [-0.4, -0.2) is 48.6 Å². The number of benzene rings is 3. The quantitative estimate of drug-likeness (QED) is 0.267. The van der Waals surface area contributed by atoms with Gasteiger partial charge in [-0.2, -0.15) is 0 Å². The average molecular weight is 540 g/mol. The molecule has 0 saturated carbocycles. The Morgan fingerprint density at radius 2 is 1.55 bits per heavy atom. The highest BCUT2D eigenvalue weighted by atomic mass is 16.7. The van der Waals surface area contributed by atoms with Crippen LogP contribution < -0.4 is 11.1 Å². The monoisotopic (exact) mass is 540 g/mol. The zero-order valence-electron chi connectivity index (χ0n) is 23.1. The molecule has 1 aliphatic heterocycles. The Balaban J connectivity index is 1.32. The number of amides is 1. The first kappa shape index (κ1) is 27.5. The van der Waals surface area contributed by atoms with Crippen LogP contribution >= 0.6 is 0 Å². The highest BCUT2D eigenvalue weighted by Gasteiger charge is 2.52. The molecule has 9 heteroatoms. The highest BCUT2D eigenvalue weighted by molar-refractivity contribution is 6.56. The molecule has 0 aromatic heterocycles. The van der Waals surface area contributed by atoms with Gasteiger partial charge in [-0.25, -0.2) is 9.59 Å². The van der Waals surface area contributed by atoms with E-state index in [1.807, 2.05) is 52.0 Å². The molecule has 0 spiro atoms. The minimum atomic E-state index is -1.10. The van der Waals surface area contributed by atoms with Gasteiger partial charge in [-0.15, -0.1) is 0 Å². The summed E-state index contributed by atoms with van der Waals surface area (Å²) in [5.41, 5.74) is 10.8. The number of carbonyl (C=O) groups excluding carboxylic acids is 1. The summed E-state index contributed by atoms with van der Waals surface area (Å²) in [4.78, 5) is 24.3. The van der Waals surface area contributed by atoms with Crippen LogP contribution in [0.1, 0.15) is 60.7 Å². The van der Waals surface area contributed by atoms with Gasteiger partial charge in [0.15, 0.2) is 0 Å². The van der Waals surface area contributed by atoms with E-state index in [0.717, 1.165) is 22.3 Å². The summed E-state index contributed by atoms with van der Waals surface area (Å²) in [6.45, 7) is 8.08. The summed E-state index contributed by atoms with van der Waals surface area (Å²) < 4.78 is 18.2. The molecule has 1 heterocycles. The fourth-order valence-electron chi connectivity index (χ4n) is 5.10. The number of anilines is 1. The molecule has 3 aromatic carbocycles. The number of nitrogens with two attached hydrogens (primary N) is 1. The van der Waals surface area contributed by atoms with Crippen molar-refractivity contribution in [1.82, 2.24) is 5.32 Å². The smallest absolute Gasteiger partial charge is 0.478 e. The first-order chi connectivity index (χ1) is 19.0. The van der Waals surface area contributed by atoms with Gasteiger partial charge in [-0.1, -0.05) is 60.7 Å². The van der Waals surface area contributed by atoms with Crippen LogP contribution in [-0.2, 0) is 14.0 Å². The molecule has 4 N–H and O–H groups in total. The summed E-state index contributed by atoms with van der Waals surface area (Å²) in [7, 11) is -0.737. The van der Waals surface area contributed by atoms with Crippen LogP contribution in [0.3, 0.4) is 0 Å². The Labute approximate surface area is 234 Å². The van der Waals surface area contributed by atoms with E-state index >= 15 is 0 Å². The van der Waals surface area contributed by atoms with Gasteiger partial charge in [0, 0.05) is 18.2 Å². The van der Waals surface area contributed by atoms with Crippen molar-refractivity contribution >= 4 is 30.9 Å². The second-order valence-corrected chi connectivity index (χ2v) is 11.1. The van der Waals surface area contributed by atoms with Gasteiger partial charge in [0.1, 0.15) is 6.61 Å². The number of carboxylic acids is 1. The summed E-state index contributed by atoms with van der Waals surface area (Å²) >= 11 is 0. The number of nitrogen functional groups attached to an aromatic ring is 1. The van der Waals surface area contributed by atoms with Crippen LogP contribution in [0.4, 0.5) is 10.5 Å². The van der Waals surface area contributed by atoms with Crippen LogP contribution in [0.5, 0.6) is 0 Å². The minimum Gasteiger partial charge on any atom is -0.478 e. The van der Waals surface area contributed by atoms with Gasteiger partial charge in [0.2, 0.25) is 0 Å². The highest BCUT2D eigenvalue weighted by Crippen LogP contribution is 2.44. The minimum absolute atomic E-state index is 0.0195. The zero-order valence-corrected chi connectivity index (χ0v) is 23.1. The lowest BCUT2D eigenvalue weighted by atomic mass is 9.77. The van der Waals surface area contributed by atoms with Gasteiger partial charge in [-0.05, 0) is 73.1 Å². The third kappa shape index (κ3) is 5.22. The number of carbonyl (C=O) groups is 2. The molecule has 0 bridgehead atoms. The van der Waals surface area contributed by atoms with E-state index in [1.54, 1.807) is 18.2 Å². The fraction of sp³-hybridized carbons (Fsp3) is 0.290. The maximum atomic E-state index is 12.9. The number of nitrogens with one attached hydrogen (secondary N) is 1. The van der Waals surface area contributed by atoms with E-state index in [9.17, 15) is 14.7 Å². The predicted molar refractivity (Wildman–Crippen MR) is 155 cm³/mol. The van der Waals surface area contributed by atoms with Gasteiger partial charge < -0.3 is 30.2 Å². The fourth-order valence-corrected chi connectivity index (χ4v) is 5.10. The third-order valence-corrected chi connectivity index (χ3v) is 7.99. The first-order valence-electron chi connectivity index (χ1n) is 13.2. The molecule has 206 valence electrons. The molecule has 8 nitrogen and oxygen atoms in total. The Bertz CT molecular complexity index is 1440. The van der Waals surface area contributed by atoms with Gasteiger partial charge in [0.25, 0.3) is 0 Å². The molecule has 0 atom stereocenters. The standard InChI is InChI=1S/C31H33BN2O6/c1-30(2)31(3,4)40-32(39-30)20(15-19-13-14-25(28(35)36)27(33)16-19)17-34-29(37)38-18-26-23-11-7-5-9-21(23)22-10-6-8-12-24(22)26/h5-16,26H,17-18,33H2,1-4H3,(H,34,37)(H,35,36). The lowest BCUT2D eigenvalue weighted by Gasteiger charge is -2.32. The van der Waals surface area contributed by atoms with Crippen LogP contribution in [0.15, 0.2) is 72.2 Å². The molecular weight excluding hydrogens is 507 g/mol. The molecule has 1 amide bonds. The van der Waals surface area contributed by atoms with Gasteiger partial charge in [-0.3, -0.25) is 0 Å². The van der Waals surface area contributed by atoms with Crippen molar-refractivity contribution in [2.75, 3.05) is 18.9 Å². The average Bonchev–Trinajstić information content (AvgIpc) is 3.34. The number of alkyl carbamates (subject to hydrolysis) is 1. The van der Waals surface area contributed by atoms with E-state index in [4.69, 9.17) is 19.8 Å². The van der Waals surface area contributed by atoms with E-state index in [2.05, 4.69) is 29.6 Å². The second kappa shape index (κ2) is 10.5. The van der Waals surface area contributed by atoms with E-state index in [-0.39, 0.29) is 30.3 Å². The Kier molecular flexibility index (Phi) is 7.20. The van der Waals surface area contributed by atoms with Crippen molar-refractivity contribution < 1.29 is 28.7 Å². The zero-order chi connectivity index (χ0) is 28.7. The molecule has 5 rings (SSSR count). The largest absolute Gasteiger partial charge is 0.492 e.